The van der Waals surface area contributed by atoms with Crippen molar-refractivity contribution >= 4 is 30.9 Å². The van der Waals surface area contributed by atoms with Gasteiger partial charge in [-0.25, -0.2) is 0 Å². The van der Waals surface area contributed by atoms with Gasteiger partial charge in [-0.2, -0.15) is 0 Å². The number of benzene rings is 2. The van der Waals surface area contributed by atoms with E-state index in [1.54, 1.807) is 0 Å². The smallest absolute Gasteiger partial charge is 0.192 e. The molecule has 1 saturated carbocycles. The Kier molecular flexibility index (Phi) is 8.88. The molecule has 2 heterocycles. The van der Waals surface area contributed by atoms with Crippen LogP contribution in [0.4, 0.5) is 0 Å². The summed E-state index contributed by atoms with van der Waals surface area (Å²) in [5.74, 6) is 1.17. The van der Waals surface area contributed by atoms with Crippen molar-refractivity contribution in [3.63, 3.8) is 0 Å². The molecular formula is C39H52INO3Si. The van der Waals surface area contributed by atoms with Gasteiger partial charge in [-0.1, -0.05) is 114 Å². The molecular weight excluding hydrogens is 685 g/mol. The van der Waals surface area contributed by atoms with Gasteiger partial charge in [0.15, 0.2) is 8.32 Å². The molecule has 3 aromatic rings. The summed E-state index contributed by atoms with van der Waals surface area (Å²) < 4.78 is 21.5. The molecule has 1 fully saturated rings. The molecule has 1 aromatic heterocycles. The molecule has 4 nitrogen and oxygen atoms in total. The number of hydrogen-bond donors (Lipinski definition) is 0. The fourth-order valence-corrected chi connectivity index (χ4v) is 9.96. The van der Waals surface area contributed by atoms with Gasteiger partial charge in [0, 0.05) is 32.0 Å². The summed E-state index contributed by atoms with van der Waals surface area (Å²) >= 11 is 2.70. The largest absolute Gasteiger partial charge is 0.489 e. The van der Waals surface area contributed by atoms with Gasteiger partial charge in [0.25, 0.3) is 0 Å². The average Bonchev–Trinajstić information content (AvgIpc) is 3.50. The molecule has 6 rings (SSSR count). The maximum atomic E-state index is 7.47. The Hall–Kier alpha value is -1.74. The van der Waals surface area contributed by atoms with Crippen LogP contribution in [0.2, 0.25) is 18.1 Å². The lowest BCUT2D eigenvalue weighted by Crippen LogP contribution is -2.44. The van der Waals surface area contributed by atoms with Crippen LogP contribution in [0.1, 0.15) is 131 Å². The monoisotopic (exact) mass is 737 g/mol. The van der Waals surface area contributed by atoms with E-state index < -0.39 is 8.32 Å². The first-order chi connectivity index (χ1) is 21.1. The van der Waals surface area contributed by atoms with Crippen molar-refractivity contribution in [1.82, 2.24) is 4.98 Å². The predicted octanol–water partition coefficient (Wildman–Crippen LogP) is 11.1. The number of rotatable bonds is 7. The third-order valence-corrected chi connectivity index (χ3v) is 16.9. The average molecular weight is 738 g/mol. The molecule has 0 bridgehead atoms. The fraction of sp³-hybridized carbons (Fsp3) is 0.564. The highest BCUT2D eigenvalue weighted by Gasteiger charge is 2.57. The van der Waals surface area contributed by atoms with Crippen LogP contribution >= 0.6 is 22.6 Å². The van der Waals surface area contributed by atoms with Gasteiger partial charge < -0.3 is 13.9 Å². The number of fused-ring (bicyclic) bond motifs is 4. The summed E-state index contributed by atoms with van der Waals surface area (Å²) in [6, 6.07) is 19.0. The maximum absolute atomic E-state index is 7.47. The SMILES string of the molecule is CC(C)c1nc2c(c3c1C(c1ccc(OCc4ccccc4)cc1)OC31CCCC1I)C(O[Si](C)(C)C(C)(C)C)CC(C)(C)C2. The lowest BCUT2D eigenvalue weighted by atomic mass is 9.70. The second-order valence-corrected chi connectivity index (χ2v) is 22.6. The Bertz CT molecular complexity index is 1530. The van der Waals surface area contributed by atoms with Crippen LogP contribution in [0.5, 0.6) is 5.75 Å². The van der Waals surface area contributed by atoms with Gasteiger partial charge in [-0.05, 0) is 84.8 Å². The summed E-state index contributed by atoms with van der Waals surface area (Å²) in [6.45, 7) is 21.8. The van der Waals surface area contributed by atoms with Gasteiger partial charge in [0.05, 0.1) is 6.10 Å². The molecule has 2 aromatic carbocycles. The molecule has 4 atom stereocenters. The first kappa shape index (κ1) is 33.2. The van der Waals surface area contributed by atoms with Crippen molar-refractivity contribution in [2.45, 2.75) is 133 Å². The molecule has 0 saturated heterocycles. The first-order valence-corrected chi connectivity index (χ1v) is 21.1. The van der Waals surface area contributed by atoms with Crippen molar-refractivity contribution in [1.29, 1.82) is 0 Å². The number of nitrogens with zero attached hydrogens (tertiary/aromatic N) is 1. The molecule has 4 unspecified atom stereocenters. The summed E-state index contributed by atoms with van der Waals surface area (Å²) in [5.41, 5.74) is 8.71. The van der Waals surface area contributed by atoms with Crippen LogP contribution in [0, 0.1) is 5.41 Å². The van der Waals surface area contributed by atoms with Crippen LogP contribution in [0.15, 0.2) is 54.6 Å². The van der Waals surface area contributed by atoms with E-state index in [2.05, 4.69) is 133 Å². The number of pyridine rings is 1. The Balaban J connectivity index is 1.48. The van der Waals surface area contributed by atoms with E-state index in [1.165, 1.54) is 52.0 Å². The summed E-state index contributed by atoms with van der Waals surface area (Å²) in [6.07, 6.45) is 5.27. The molecule has 0 amide bonds. The van der Waals surface area contributed by atoms with Gasteiger partial charge in [-0.15, -0.1) is 0 Å². The molecule has 6 heteroatoms. The van der Waals surface area contributed by atoms with Crippen LogP contribution in [-0.2, 0) is 27.8 Å². The van der Waals surface area contributed by atoms with E-state index in [4.69, 9.17) is 18.9 Å². The lowest BCUT2D eigenvalue weighted by molar-refractivity contribution is -0.0515. The molecule has 1 spiro atoms. The minimum Gasteiger partial charge on any atom is -0.489 e. The zero-order valence-corrected chi connectivity index (χ0v) is 32.0. The van der Waals surface area contributed by atoms with Crippen molar-refractivity contribution in [2.24, 2.45) is 5.41 Å². The Morgan fingerprint density at radius 2 is 1.71 bits per heavy atom. The Labute approximate surface area is 286 Å². The normalized spacial score (nSPS) is 25.9. The molecule has 45 heavy (non-hydrogen) atoms. The van der Waals surface area contributed by atoms with Gasteiger partial charge >= 0.3 is 0 Å². The third-order valence-electron chi connectivity index (χ3n) is 10.8. The van der Waals surface area contributed by atoms with E-state index in [0.717, 1.165) is 25.0 Å². The van der Waals surface area contributed by atoms with E-state index in [1.807, 2.05) is 6.07 Å². The maximum Gasteiger partial charge on any atom is 0.192 e. The predicted molar refractivity (Wildman–Crippen MR) is 195 cm³/mol. The Morgan fingerprint density at radius 1 is 1.02 bits per heavy atom. The van der Waals surface area contributed by atoms with Crippen molar-refractivity contribution in [3.8, 4) is 5.75 Å². The van der Waals surface area contributed by atoms with Gasteiger partial charge in [0.2, 0.25) is 0 Å². The fourth-order valence-electron chi connectivity index (χ4n) is 7.48. The molecule has 242 valence electrons. The van der Waals surface area contributed by atoms with Crippen LogP contribution in [0.3, 0.4) is 0 Å². The van der Waals surface area contributed by atoms with E-state index in [-0.39, 0.29) is 34.2 Å². The van der Waals surface area contributed by atoms with E-state index in [0.29, 0.717) is 10.5 Å². The van der Waals surface area contributed by atoms with Crippen LogP contribution in [-0.4, -0.2) is 17.2 Å². The van der Waals surface area contributed by atoms with Crippen LogP contribution < -0.4 is 4.74 Å². The Morgan fingerprint density at radius 3 is 2.31 bits per heavy atom. The number of alkyl halides is 1. The van der Waals surface area contributed by atoms with Gasteiger partial charge in [0.1, 0.15) is 24.1 Å². The standard InChI is InChI=1S/C39H52INO3Si/c1-25(2)35-33-34(32-29(41-35)22-38(6,7)23-30(32)44-45(8,9)37(3,4)5)39(21-13-16-31(39)40)43-36(33)27-17-19-28(20-18-27)42-24-26-14-11-10-12-15-26/h10-12,14-15,17-20,25,30-31,36H,13,16,21-24H2,1-9H3. The highest BCUT2D eigenvalue weighted by molar-refractivity contribution is 14.1. The van der Waals surface area contributed by atoms with Crippen molar-refractivity contribution in [3.05, 3.63) is 93.8 Å². The summed E-state index contributed by atoms with van der Waals surface area (Å²) in [4.78, 5) is 5.59. The van der Waals surface area contributed by atoms with Crippen molar-refractivity contribution < 1.29 is 13.9 Å². The number of hydrogen-bond acceptors (Lipinski definition) is 4. The summed E-state index contributed by atoms with van der Waals surface area (Å²) in [7, 11) is -2.06. The second kappa shape index (κ2) is 12.1. The number of ether oxygens (including phenoxy) is 2. The quantitative estimate of drug-likeness (QED) is 0.138. The highest BCUT2D eigenvalue weighted by atomic mass is 127. The molecule has 1 aliphatic heterocycles. The second-order valence-electron chi connectivity index (χ2n) is 16.3. The van der Waals surface area contributed by atoms with Gasteiger partial charge in [-0.3, -0.25) is 4.98 Å². The van der Waals surface area contributed by atoms with Crippen molar-refractivity contribution in [2.75, 3.05) is 0 Å². The first-order valence-electron chi connectivity index (χ1n) is 17.0. The minimum absolute atomic E-state index is 0.0318. The molecule has 2 aliphatic carbocycles. The summed E-state index contributed by atoms with van der Waals surface area (Å²) in [5, 5.41) is 0.128. The van der Waals surface area contributed by atoms with E-state index in [9.17, 15) is 0 Å². The third kappa shape index (κ3) is 6.18. The molecule has 0 N–H and O–H groups in total. The zero-order valence-electron chi connectivity index (χ0n) is 28.8. The van der Waals surface area contributed by atoms with Crippen LogP contribution in [0.25, 0.3) is 0 Å². The molecule has 3 aliphatic rings. The number of aromatic nitrogens is 1. The minimum atomic E-state index is -2.06. The highest BCUT2D eigenvalue weighted by Crippen LogP contribution is 2.62. The molecule has 0 radical (unpaired) electrons. The lowest BCUT2D eigenvalue weighted by Gasteiger charge is -2.45. The topological polar surface area (TPSA) is 40.6 Å². The van der Waals surface area contributed by atoms with E-state index >= 15 is 0 Å². The number of halogens is 1. The zero-order chi connectivity index (χ0) is 32.4.